The molecule has 0 unspecified atom stereocenters. The standard InChI is InChI=1S/C5H5.C4H4N.Fe/c2*1-2-4-5-3-1;/h1-5H;1-4H;. The smallest absolute Gasteiger partial charge is 0.0457 e. The molecule has 0 aromatic heterocycles. The van der Waals surface area contributed by atoms with Gasteiger partial charge in [-0.2, -0.15) is 0 Å². The van der Waals surface area contributed by atoms with E-state index in [1.165, 1.54) is 0 Å². The van der Waals surface area contributed by atoms with Gasteiger partial charge >= 0.3 is 0 Å². The SMILES string of the molecule is [CH]1[CH][CH][CH][CH]1.[CH]1[CH][CH][N][CH]1.[Fe]. The second-order valence-electron chi connectivity index (χ2n) is 1.79. The first-order valence-electron chi connectivity index (χ1n) is 3.18. The maximum atomic E-state index is 3.72. The second kappa shape index (κ2) is 8.57. The molecule has 0 atom stereocenters. The first-order valence-corrected chi connectivity index (χ1v) is 3.18. The van der Waals surface area contributed by atoms with Crippen molar-refractivity contribution in [2.24, 2.45) is 0 Å². The average molecular weight is 187 g/mol. The third kappa shape index (κ3) is 6.86. The Hall–Kier alpha value is 0.479. The molecule has 0 spiro atoms. The Morgan fingerprint density at radius 2 is 0.909 bits per heavy atom. The van der Waals surface area contributed by atoms with Gasteiger partial charge in [-0.15, -0.1) is 0 Å². The van der Waals surface area contributed by atoms with E-state index in [1.54, 1.807) is 13.1 Å². The first kappa shape index (κ1) is 11.5. The normalized spacial score (nSPS) is 21.8. The van der Waals surface area contributed by atoms with Crippen LogP contribution in [0.15, 0.2) is 0 Å². The molecule has 58 valence electrons. The Morgan fingerprint density at radius 1 is 0.545 bits per heavy atom. The summed E-state index contributed by atoms with van der Waals surface area (Å²) < 4.78 is 0. The molecule has 1 saturated carbocycles. The van der Waals surface area contributed by atoms with Gasteiger partial charge in [-0.1, -0.05) is 0 Å². The minimum Gasteiger partial charge on any atom is -0.231 e. The molecule has 1 heterocycles. The van der Waals surface area contributed by atoms with Crippen molar-refractivity contribution >= 4 is 0 Å². The third-order valence-electron chi connectivity index (χ3n) is 1.01. The van der Waals surface area contributed by atoms with Crippen LogP contribution in [0.4, 0.5) is 0 Å². The number of hydrogen-bond donors (Lipinski definition) is 0. The van der Waals surface area contributed by atoms with Crippen molar-refractivity contribution in [2.75, 3.05) is 0 Å². The van der Waals surface area contributed by atoms with Crippen LogP contribution in [0.5, 0.6) is 0 Å². The molecule has 1 aliphatic heterocycles. The van der Waals surface area contributed by atoms with Crippen molar-refractivity contribution < 1.29 is 17.1 Å². The van der Waals surface area contributed by atoms with Gasteiger partial charge in [0.05, 0.1) is 0 Å². The fourth-order valence-corrected chi connectivity index (χ4v) is 0.569. The zero-order chi connectivity index (χ0) is 7.07. The van der Waals surface area contributed by atoms with Crippen molar-refractivity contribution in [2.45, 2.75) is 0 Å². The maximum Gasteiger partial charge on any atom is 0.0457 e. The van der Waals surface area contributed by atoms with Crippen LogP contribution in [-0.4, -0.2) is 0 Å². The molecule has 0 aromatic carbocycles. The summed E-state index contributed by atoms with van der Waals surface area (Å²) >= 11 is 0. The van der Waals surface area contributed by atoms with Gasteiger partial charge in [0, 0.05) is 30.2 Å². The largest absolute Gasteiger partial charge is 0.231 e. The van der Waals surface area contributed by atoms with E-state index < -0.39 is 0 Å². The fraction of sp³-hybridized carbons (Fsp3) is 0. The Kier molecular flexibility index (Phi) is 8.95. The summed E-state index contributed by atoms with van der Waals surface area (Å²) in [6.45, 7) is 3.50. The predicted octanol–water partition coefficient (Wildman–Crippen LogP) is 1.36. The molecule has 1 aliphatic carbocycles. The van der Waals surface area contributed by atoms with Crippen LogP contribution < -0.4 is 5.32 Å². The van der Waals surface area contributed by atoms with Crippen LogP contribution in [0.2, 0.25) is 0 Å². The summed E-state index contributed by atoms with van der Waals surface area (Å²) in [7, 11) is 0. The number of hydrogen-bond acceptors (Lipinski definition) is 0. The van der Waals surface area contributed by atoms with E-state index in [4.69, 9.17) is 0 Å². The van der Waals surface area contributed by atoms with Gasteiger partial charge in [0.25, 0.3) is 0 Å². The molecule has 11 heavy (non-hydrogen) atoms. The Bertz CT molecular complexity index is 42.7. The Balaban J connectivity index is 0.000000167. The Labute approximate surface area is 80.8 Å². The number of rotatable bonds is 0. The summed E-state index contributed by atoms with van der Waals surface area (Å²) in [6, 6.07) is 0. The van der Waals surface area contributed by atoms with Crippen molar-refractivity contribution in [3.05, 3.63) is 58.0 Å². The summed E-state index contributed by atoms with van der Waals surface area (Å²) in [4.78, 5) is 0. The summed E-state index contributed by atoms with van der Waals surface area (Å²) in [5.74, 6) is 0. The number of nitrogens with zero attached hydrogens (tertiary/aromatic N) is 1. The molecule has 0 aromatic rings. The summed E-state index contributed by atoms with van der Waals surface area (Å²) in [5, 5.41) is 3.72. The maximum absolute atomic E-state index is 3.72. The van der Waals surface area contributed by atoms with E-state index >= 15 is 0 Å². The molecule has 0 amide bonds. The van der Waals surface area contributed by atoms with Crippen LogP contribution in [0.1, 0.15) is 0 Å². The van der Waals surface area contributed by atoms with Crippen LogP contribution in [-0.2, 0) is 17.1 Å². The van der Waals surface area contributed by atoms with Gasteiger partial charge in [0.1, 0.15) is 0 Å². The van der Waals surface area contributed by atoms with Crippen molar-refractivity contribution in [3.63, 3.8) is 0 Å². The van der Waals surface area contributed by atoms with Gasteiger partial charge < -0.3 is 0 Å². The van der Waals surface area contributed by atoms with Crippen LogP contribution >= 0.6 is 0 Å². The van der Waals surface area contributed by atoms with E-state index in [9.17, 15) is 0 Å². The van der Waals surface area contributed by atoms with Gasteiger partial charge in [-0.05, 0) is 44.9 Å². The van der Waals surface area contributed by atoms with Crippen molar-refractivity contribution in [1.29, 1.82) is 0 Å². The van der Waals surface area contributed by atoms with E-state index in [1.807, 2.05) is 44.9 Å². The molecule has 2 aliphatic rings. The van der Waals surface area contributed by atoms with Crippen LogP contribution in [0.25, 0.3) is 0 Å². The molecule has 2 heteroatoms. The molecule has 2 rings (SSSR count). The van der Waals surface area contributed by atoms with E-state index in [0.29, 0.717) is 0 Å². The summed E-state index contributed by atoms with van der Waals surface area (Å²) in [6.07, 6.45) is 13.8. The topological polar surface area (TPSA) is 14.1 Å². The van der Waals surface area contributed by atoms with E-state index in [2.05, 4.69) is 5.32 Å². The first-order chi connectivity index (χ1) is 5.00. The monoisotopic (exact) mass is 187 g/mol. The summed E-state index contributed by atoms with van der Waals surface area (Å²) in [5.41, 5.74) is 0. The molecular weight excluding hydrogens is 178 g/mol. The molecular formula is C9H9FeN. The van der Waals surface area contributed by atoms with E-state index in [0.717, 1.165) is 0 Å². The molecule has 0 N–H and O–H groups in total. The third-order valence-corrected chi connectivity index (χ3v) is 1.01. The van der Waals surface area contributed by atoms with Crippen LogP contribution in [0.3, 0.4) is 0 Å². The average Bonchev–Trinajstić information content (AvgIpc) is 2.67. The van der Waals surface area contributed by atoms with Crippen molar-refractivity contribution in [1.82, 2.24) is 5.32 Å². The fourth-order valence-electron chi connectivity index (χ4n) is 0.569. The zero-order valence-corrected chi connectivity index (χ0v) is 7.10. The van der Waals surface area contributed by atoms with Gasteiger partial charge in [0.2, 0.25) is 0 Å². The minimum atomic E-state index is 0. The molecule has 2 fully saturated rings. The zero-order valence-electron chi connectivity index (χ0n) is 6.00. The molecule has 1 saturated heterocycles. The van der Waals surface area contributed by atoms with Crippen molar-refractivity contribution in [3.8, 4) is 0 Å². The van der Waals surface area contributed by atoms with Crippen LogP contribution in [0, 0.1) is 58.0 Å². The Morgan fingerprint density at radius 3 is 1.09 bits per heavy atom. The molecule has 10 radical (unpaired) electrons. The molecule has 0 bridgehead atoms. The molecule has 1 nitrogen and oxygen atoms in total. The minimum absolute atomic E-state index is 0. The van der Waals surface area contributed by atoms with Gasteiger partial charge in [-0.25, -0.2) is 5.32 Å². The van der Waals surface area contributed by atoms with Gasteiger partial charge in [-0.3, -0.25) is 0 Å². The van der Waals surface area contributed by atoms with Gasteiger partial charge in [0.15, 0.2) is 0 Å². The second-order valence-corrected chi connectivity index (χ2v) is 1.79. The predicted molar refractivity (Wildman–Crippen MR) is 40.8 cm³/mol. The quantitative estimate of drug-likeness (QED) is 0.508. The van der Waals surface area contributed by atoms with E-state index in [-0.39, 0.29) is 17.1 Å².